The van der Waals surface area contributed by atoms with Crippen LogP contribution in [-0.2, 0) is 9.59 Å². The van der Waals surface area contributed by atoms with E-state index in [9.17, 15) is 9.59 Å². The maximum Gasteiger partial charge on any atom is 0.239 e. The van der Waals surface area contributed by atoms with Crippen LogP contribution in [-0.4, -0.2) is 11.8 Å². The monoisotopic (exact) mass is 385 g/mol. The van der Waals surface area contributed by atoms with Crippen molar-refractivity contribution >= 4 is 39.1 Å². The van der Waals surface area contributed by atoms with Gasteiger partial charge in [-0.15, -0.1) is 0 Å². The lowest BCUT2D eigenvalue weighted by Gasteiger charge is -2.22. The van der Waals surface area contributed by atoms with E-state index in [2.05, 4.69) is 26.6 Å². The molecule has 2 amide bonds. The first-order valence-electron chi connectivity index (χ1n) is 7.21. The summed E-state index contributed by atoms with van der Waals surface area (Å²) in [4.78, 5) is 24.9. The molecule has 2 aromatic carbocycles. The normalized spacial score (nSPS) is 10.6. The topological polar surface area (TPSA) is 82.0 Å². The van der Waals surface area contributed by atoms with Gasteiger partial charge in [-0.1, -0.05) is 15.9 Å². The second-order valence-corrected chi connectivity index (χ2v) is 6.64. The van der Waals surface area contributed by atoms with Crippen LogP contribution in [0.1, 0.15) is 19.4 Å². The second kappa shape index (κ2) is 7.28. The summed E-state index contributed by atoms with van der Waals surface area (Å²) in [6, 6.07) is 15.6. The van der Waals surface area contributed by atoms with Crippen LogP contribution in [0.5, 0.6) is 0 Å². The first-order chi connectivity index (χ1) is 11.3. The number of anilines is 2. The lowest BCUT2D eigenvalue weighted by Crippen LogP contribution is -2.41. The van der Waals surface area contributed by atoms with Crippen molar-refractivity contribution in [2.45, 2.75) is 13.8 Å². The highest BCUT2D eigenvalue weighted by Crippen LogP contribution is 2.22. The minimum Gasteiger partial charge on any atom is -0.325 e. The van der Waals surface area contributed by atoms with Gasteiger partial charge >= 0.3 is 0 Å². The van der Waals surface area contributed by atoms with Crippen molar-refractivity contribution in [3.05, 3.63) is 58.6 Å². The third-order valence-electron chi connectivity index (χ3n) is 3.51. The minimum absolute atomic E-state index is 0.407. The van der Waals surface area contributed by atoms with Crippen LogP contribution in [0.25, 0.3) is 0 Å². The Balaban J connectivity index is 2.06. The van der Waals surface area contributed by atoms with Gasteiger partial charge in [-0.3, -0.25) is 9.59 Å². The van der Waals surface area contributed by atoms with Crippen LogP contribution in [0.3, 0.4) is 0 Å². The standard InChI is InChI=1S/C18H16BrN3O2/c1-18(2,17(24)22-15-9-5-13(19)6-10-15)16(23)21-14-7-3-12(11-20)4-8-14/h3-10H,1-2H3,(H,21,23)(H,22,24). The van der Waals surface area contributed by atoms with Crippen LogP contribution in [0.2, 0.25) is 0 Å². The van der Waals surface area contributed by atoms with E-state index in [4.69, 9.17) is 5.26 Å². The Morgan fingerprint density at radius 2 is 1.33 bits per heavy atom. The fraction of sp³-hybridized carbons (Fsp3) is 0.167. The van der Waals surface area contributed by atoms with Crippen molar-refractivity contribution in [2.75, 3.05) is 10.6 Å². The number of nitrogens with one attached hydrogen (secondary N) is 2. The SMILES string of the molecule is CC(C)(C(=O)Nc1ccc(Br)cc1)C(=O)Nc1ccc(C#N)cc1. The Morgan fingerprint density at radius 3 is 1.75 bits per heavy atom. The highest BCUT2D eigenvalue weighted by atomic mass is 79.9. The Labute approximate surface area is 148 Å². The van der Waals surface area contributed by atoms with Crippen molar-refractivity contribution in [3.63, 3.8) is 0 Å². The largest absolute Gasteiger partial charge is 0.325 e. The summed E-state index contributed by atoms with van der Waals surface area (Å²) in [6.45, 7) is 3.11. The fourth-order valence-corrected chi connectivity index (χ4v) is 2.10. The van der Waals surface area contributed by atoms with Gasteiger partial charge in [0.1, 0.15) is 5.41 Å². The van der Waals surface area contributed by atoms with Gasteiger partial charge in [0.2, 0.25) is 11.8 Å². The zero-order chi connectivity index (χ0) is 17.7. The maximum atomic E-state index is 12.4. The van der Waals surface area contributed by atoms with E-state index in [1.165, 1.54) is 0 Å². The van der Waals surface area contributed by atoms with Crippen molar-refractivity contribution in [1.82, 2.24) is 0 Å². The van der Waals surface area contributed by atoms with Gasteiger partial charge < -0.3 is 10.6 Å². The number of benzene rings is 2. The molecule has 0 bridgehead atoms. The number of hydrogen-bond acceptors (Lipinski definition) is 3. The molecule has 0 saturated heterocycles. The van der Waals surface area contributed by atoms with Crippen LogP contribution in [0, 0.1) is 16.7 Å². The average Bonchev–Trinajstić information content (AvgIpc) is 2.57. The molecule has 0 aliphatic rings. The molecule has 0 unspecified atom stereocenters. The van der Waals surface area contributed by atoms with Crippen LogP contribution >= 0.6 is 15.9 Å². The third-order valence-corrected chi connectivity index (χ3v) is 4.04. The molecule has 24 heavy (non-hydrogen) atoms. The predicted octanol–water partition coefficient (Wildman–Crippen LogP) is 3.92. The summed E-state index contributed by atoms with van der Waals surface area (Å²) in [5.41, 5.74) is 0.382. The zero-order valence-corrected chi connectivity index (χ0v) is 14.8. The molecule has 0 spiro atoms. The van der Waals surface area contributed by atoms with Gasteiger partial charge in [0.25, 0.3) is 0 Å². The maximum absolute atomic E-state index is 12.4. The molecule has 0 atom stereocenters. The van der Waals surface area contributed by atoms with Gasteiger partial charge in [0, 0.05) is 15.8 Å². The second-order valence-electron chi connectivity index (χ2n) is 5.73. The highest BCUT2D eigenvalue weighted by Gasteiger charge is 2.36. The lowest BCUT2D eigenvalue weighted by molar-refractivity contribution is -0.135. The van der Waals surface area contributed by atoms with Crippen molar-refractivity contribution in [3.8, 4) is 6.07 Å². The molecule has 5 nitrogen and oxygen atoms in total. The summed E-state index contributed by atoms with van der Waals surface area (Å²) in [5.74, 6) is -0.835. The molecule has 0 fully saturated rings. The molecule has 2 aromatic rings. The van der Waals surface area contributed by atoms with Gasteiger partial charge in [0.15, 0.2) is 0 Å². The minimum atomic E-state index is -1.26. The highest BCUT2D eigenvalue weighted by molar-refractivity contribution is 9.10. The zero-order valence-electron chi connectivity index (χ0n) is 13.3. The Bertz CT molecular complexity index is 791. The smallest absolute Gasteiger partial charge is 0.239 e. The van der Waals surface area contributed by atoms with Gasteiger partial charge in [-0.05, 0) is 62.4 Å². The number of nitrogens with zero attached hydrogens (tertiary/aromatic N) is 1. The van der Waals surface area contributed by atoms with E-state index in [0.29, 0.717) is 16.9 Å². The Kier molecular flexibility index (Phi) is 5.37. The van der Waals surface area contributed by atoms with E-state index in [1.807, 2.05) is 6.07 Å². The van der Waals surface area contributed by atoms with Crippen molar-refractivity contribution in [2.24, 2.45) is 5.41 Å². The molecule has 0 radical (unpaired) electrons. The number of halogens is 1. The number of hydrogen-bond donors (Lipinski definition) is 2. The number of carbonyl (C=O) groups excluding carboxylic acids is 2. The van der Waals surface area contributed by atoms with Crippen LogP contribution < -0.4 is 10.6 Å². The quantitative estimate of drug-likeness (QED) is 0.782. The fourth-order valence-electron chi connectivity index (χ4n) is 1.84. The molecule has 0 saturated carbocycles. The Hall–Kier alpha value is -2.65. The Morgan fingerprint density at radius 1 is 0.917 bits per heavy atom. The predicted molar refractivity (Wildman–Crippen MR) is 96.3 cm³/mol. The first kappa shape index (κ1) is 17.7. The van der Waals surface area contributed by atoms with E-state index < -0.39 is 17.2 Å². The number of carbonyl (C=O) groups is 2. The van der Waals surface area contributed by atoms with Crippen LogP contribution in [0.4, 0.5) is 11.4 Å². The van der Waals surface area contributed by atoms with E-state index >= 15 is 0 Å². The summed E-state index contributed by atoms with van der Waals surface area (Å²) >= 11 is 3.32. The first-order valence-corrected chi connectivity index (χ1v) is 8.01. The molecular weight excluding hydrogens is 370 g/mol. The molecule has 0 aliphatic carbocycles. The molecule has 2 rings (SSSR count). The summed E-state index contributed by atoms with van der Waals surface area (Å²) < 4.78 is 0.901. The summed E-state index contributed by atoms with van der Waals surface area (Å²) in [6.07, 6.45) is 0. The number of amides is 2. The summed E-state index contributed by atoms with van der Waals surface area (Å²) in [5, 5.41) is 14.2. The molecule has 2 N–H and O–H groups in total. The number of rotatable bonds is 4. The van der Waals surface area contributed by atoms with E-state index in [0.717, 1.165) is 4.47 Å². The lowest BCUT2D eigenvalue weighted by atomic mass is 9.90. The van der Waals surface area contributed by atoms with Crippen LogP contribution in [0.15, 0.2) is 53.0 Å². The van der Waals surface area contributed by atoms with Crippen molar-refractivity contribution in [1.29, 1.82) is 5.26 Å². The van der Waals surface area contributed by atoms with Crippen molar-refractivity contribution < 1.29 is 9.59 Å². The van der Waals surface area contributed by atoms with E-state index in [-0.39, 0.29) is 0 Å². The molecule has 122 valence electrons. The molecule has 0 heterocycles. The van der Waals surface area contributed by atoms with Gasteiger partial charge in [-0.2, -0.15) is 5.26 Å². The van der Waals surface area contributed by atoms with E-state index in [1.54, 1.807) is 62.4 Å². The van der Waals surface area contributed by atoms with Gasteiger partial charge in [0.05, 0.1) is 11.6 Å². The third kappa shape index (κ3) is 4.21. The molecular formula is C18H16BrN3O2. The average molecular weight is 386 g/mol. The van der Waals surface area contributed by atoms with Gasteiger partial charge in [-0.25, -0.2) is 0 Å². The molecule has 6 heteroatoms. The molecule has 0 aliphatic heterocycles. The number of nitriles is 1. The summed E-state index contributed by atoms with van der Waals surface area (Å²) in [7, 11) is 0. The molecule has 0 aromatic heterocycles.